The lowest BCUT2D eigenvalue weighted by atomic mass is 10.3. The smallest absolute Gasteiger partial charge is 0.231 e. The van der Waals surface area contributed by atoms with Gasteiger partial charge in [0.15, 0.2) is 18.9 Å². The third kappa shape index (κ3) is 5.05. The van der Waals surface area contributed by atoms with E-state index in [1.54, 1.807) is 0 Å². The summed E-state index contributed by atoms with van der Waals surface area (Å²) in [6, 6.07) is 6.67. The van der Waals surface area contributed by atoms with Crippen molar-refractivity contribution in [3.05, 3.63) is 54.2 Å². The van der Waals surface area contributed by atoms with Crippen LogP contribution in [-0.2, 0) is 11.3 Å². The average Bonchev–Trinajstić information content (AvgIpc) is 2.41. The first-order valence-electron chi connectivity index (χ1n) is 6.00. The van der Waals surface area contributed by atoms with E-state index in [1.807, 2.05) is 36.0 Å². The van der Waals surface area contributed by atoms with E-state index in [2.05, 4.69) is 10.3 Å². The summed E-state index contributed by atoms with van der Waals surface area (Å²) in [5.41, 5.74) is 1.18. The molecular formula is C14H15BrFN3O. The van der Waals surface area contributed by atoms with Gasteiger partial charge in [0.05, 0.1) is 12.6 Å². The Morgan fingerprint density at radius 3 is 2.60 bits per heavy atom. The quantitative estimate of drug-likeness (QED) is 0.715. The van der Waals surface area contributed by atoms with E-state index in [0.717, 1.165) is 6.20 Å². The van der Waals surface area contributed by atoms with Gasteiger partial charge in [-0.25, -0.2) is 13.9 Å². The first-order chi connectivity index (χ1) is 9.13. The number of pyridine rings is 2. The number of nitrogens with one attached hydrogen (secondary N) is 1. The number of halogens is 2. The number of aromatic nitrogens is 2. The first-order valence-corrected chi connectivity index (χ1v) is 6.00. The van der Waals surface area contributed by atoms with E-state index in [9.17, 15) is 9.18 Å². The summed E-state index contributed by atoms with van der Waals surface area (Å²) in [5, 5.41) is 2.62. The monoisotopic (exact) mass is 339 g/mol. The molecule has 106 valence electrons. The lowest BCUT2D eigenvalue weighted by Crippen LogP contribution is -3.00. The Hall–Kier alpha value is -1.82. The van der Waals surface area contributed by atoms with Gasteiger partial charge >= 0.3 is 0 Å². The lowest BCUT2D eigenvalue weighted by Gasteiger charge is -2.02. The maximum absolute atomic E-state index is 12.6. The zero-order valence-electron chi connectivity index (χ0n) is 11.0. The highest BCUT2D eigenvalue weighted by Gasteiger charge is 2.07. The molecule has 0 saturated heterocycles. The van der Waals surface area contributed by atoms with Crippen LogP contribution in [0.5, 0.6) is 0 Å². The van der Waals surface area contributed by atoms with Crippen LogP contribution in [0.15, 0.2) is 42.9 Å². The van der Waals surface area contributed by atoms with E-state index in [-0.39, 0.29) is 22.9 Å². The van der Waals surface area contributed by atoms with Crippen molar-refractivity contribution in [2.75, 3.05) is 5.32 Å². The van der Waals surface area contributed by atoms with Crippen LogP contribution in [0.3, 0.4) is 0 Å². The fourth-order valence-corrected chi connectivity index (χ4v) is 1.57. The number of aryl methyl sites for hydroxylation is 2. The van der Waals surface area contributed by atoms with Gasteiger partial charge in [0, 0.05) is 12.1 Å². The van der Waals surface area contributed by atoms with Gasteiger partial charge in [-0.15, -0.1) is 0 Å². The molecule has 4 nitrogen and oxygen atoms in total. The minimum atomic E-state index is -0.423. The standard InChI is InChI=1S/C14H14FN3O.BrH/c1-11-4-7-18(8-5-11)9-6-14(19)17-13-3-2-12(15)10-16-13;/h2-5,7-8,10H,6,9H2,1H3;1H. The van der Waals surface area contributed by atoms with E-state index >= 15 is 0 Å². The number of rotatable bonds is 4. The molecule has 0 aliphatic heterocycles. The summed E-state index contributed by atoms with van der Waals surface area (Å²) in [6.45, 7) is 2.60. The molecule has 1 N–H and O–H groups in total. The van der Waals surface area contributed by atoms with E-state index in [0.29, 0.717) is 18.8 Å². The van der Waals surface area contributed by atoms with Crippen LogP contribution in [0.2, 0.25) is 0 Å². The second-order valence-electron chi connectivity index (χ2n) is 4.27. The average molecular weight is 340 g/mol. The van der Waals surface area contributed by atoms with Gasteiger partial charge in [0.1, 0.15) is 11.6 Å². The molecule has 0 aromatic carbocycles. The highest BCUT2D eigenvalue weighted by Crippen LogP contribution is 2.03. The number of amides is 1. The van der Waals surface area contributed by atoms with Crippen molar-refractivity contribution < 1.29 is 30.7 Å². The summed E-state index contributed by atoms with van der Waals surface area (Å²) in [6.07, 6.45) is 5.27. The molecule has 1 amide bonds. The Kier molecular flexibility index (Phi) is 6.24. The molecule has 0 spiro atoms. The third-order valence-corrected chi connectivity index (χ3v) is 2.65. The molecule has 0 bridgehead atoms. The fraction of sp³-hybridized carbons (Fsp3) is 0.214. The van der Waals surface area contributed by atoms with E-state index in [1.165, 1.54) is 17.7 Å². The fourth-order valence-electron chi connectivity index (χ4n) is 1.57. The van der Waals surface area contributed by atoms with Crippen LogP contribution in [0.25, 0.3) is 0 Å². The first kappa shape index (κ1) is 16.2. The number of anilines is 1. The number of hydrogen-bond acceptors (Lipinski definition) is 2. The van der Waals surface area contributed by atoms with E-state index < -0.39 is 5.82 Å². The zero-order valence-corrected chi connectivity index (χ0v) is 12.6. The number of nitrogens with zero attached hydrogens (tertiary/aromatic N) is 2. The molecule has 6 heteroatoms. The van der Waals surface area contributed by atoms with Crippen molar-refractivity contribution in [2.45, 2.75) is 19.9 Å². The van der Waals surface area contributed by atoms with Gasteiger partial charge in [-0.1, -0.05) is 0 Å². The minimum Gasteiger partial charge on any atom is -1.00 e. The Balaban J connectivity index is 0.00000200. The molecule has 0 radical (unpaired) electrons. The van der Waals surface area contributed by atoms with Crippen molar-refractivity contribution in [1.29, 1.82) is 0 Å². The Bertz CT molecular complexity index is 558. The highest BCUT2D eigenvalue weighted by molar-refractivity contribution is 5.89. The summed E-state index contributed by atoms with van der Waals surface area (Å²) >= 11 is 0. The Morgan fingerprint density at radius 2 is 2.00 bits per heavy atom. The number of hydrogen-bond donors (Lipinski definition) is 1. The molecule has 2 rings (SSSR count). The molecule has 0 aliphatic rings. The highest BCUT2D eigenvalue weighted by atomic mass is 79.9. The van der Waals surface area contributed by atoms with Gasteiger partial charge in [-0.2, -0.15) is 0 Å². The Morgan fingerprint density at radius 1 is 1.30 bits per heavy atom. The largest absolute Gasteiger partial charge is 1.00 e. The molecule has 0 aliphatic carbocycles. The number of carbonyl (C=O) groups is 1. The van der Waals surface area contributed by atoms with Gasteiger partial charge < -0.3 is 22.3 Å². The zero-order chi connectivity index (χ0) is 13.7. The maximum atomic E-state index is 12.6. The van der Waals surface area contributed by atoms with Crippen LogP contribution >= 0.6 is 0 Å². The topological polar surface area (TPSA) is 45.9 Å². The molecule has 2 aromatic heterocycles. The van der Waals surface area contributed by atoms with Gasteiger partial charge in [0.25, 0.3) is 0 Å². The predicted molar refractivity (Wildman–Crippen MR) is 68.8 cm³/mol. The minimum absolute atomic E-state index is 0. The van der Waals surface area contributed by atoms with Crippen molar-refractivity contribution in [3.63, 3.8) is 0 Å². The molecule has 0 saturated carbocycles. The SMILES string of the molecule is Cc1cc[n+](CCC(=O)Nc2ccc(F)cn2)cc1.[Br-]. The predicted octanol–water partition coefficient (Wildman–Crippen LogP) is -1.15. The molecule has 2 aromatic rings. The van der Waals surface area contributed by atoms with Crippen LogP contribution < -0.4 is 26.9 Å². The molecule has 0 atom stereocenters. The molecular weight excluding hydrogens is 325 g/mol. The normalized spacial score (nSPS) is 9.70. The van der Waals surface area contributed by atoms with Crippen molar-refractivity contribution in [2.24, 2.45) is 0 Å². The summed E-state index contributed by atoms with van der Waals surface area (Å²) in [4.78, 5) is 15.5. The second kappa shape index (κ2) is 7.69. The maximum Gasteiger partial charge on any atom is 0.231 e. The second-order valence-corrected chi connectivity index (χ2v) is 4.27. The lowest BCUT2D eigenvalue weighted by molar-refractivity contribution is -0.695. The Labute approximate surface area is 127 Å². The molecule has 0 unspecified atom stereocenters. The van der Waals surface area contributed by atoms with Crippen molar-refractivity contribution in [3.8, 4) is 0 Å². The van der Waals surface area contributed by atoms with Crippen LogP contribution in [-0.4, -0.2) is 10.9 Å². The summed E-state index contributed by atoms with van der Waals surface area (Å²) in [5.74, 6) is -0.208. The van der Waals surface area contributed by atoms with Crippen LogP contribution in [0.1, 0.15) is 12.0 Å². The van der Waals surface area contributed by atoms with Gasteiger partial charge in [-0.3, -0.25) is 4.79 Å². The van der Waals surface area contributed by atoms with Crippen LogP contribution in [0.4, 0.5) is 10.2 Å². The van der Waals surface area contributed by atoms with E-state index in [4.69, 9.17) is 0 Å². The summed E-state index contributed by atoms with van der Waals surface area (Å²) < 4.78 is 14.6. The van der Waals surface area contributed by atoms with Gasteiger partial charge in [0.2, 0.25) is 5.91 Å². The molecule has 2 heterocycles. The van der Waals surface area contributed by atoms with Crippen molar-refractivity contribution in [1.82, 2.24) is 4.98 Å². The summed E-state index contributed by atoms with van der Waals surface area (Å²) in [7, 11) is 0. The molecule has 0 fully saturated rings. The number of carbonyl (C=O) groups excluding carboxylic acids is 1. The van der Waals surface area contributed by atoms with Crippen LogP contribution in [0, 0.1) is 12.7 Å². The molecule has 20 heavy (non-hydrogen) atoms. The van der Waals surface area contributed by atoms with Gasteiger partial charge in [-0.05, 0) is 24.6 Å². The van der Waals surface area contributed by atoms with Crippen molar-refractivity contribution >= 4 is 11.7 Å². The third-order valence-electron chi connectivity index (χ3n) is 2.65.